The lowest BCUT2D eigenvalue weighted by atomic mass is 9.85. The van der Waals surface area contributed by atoms with E-state index in [4.69, 9.17) is 15.2 Å². The monoisotopic (exact) mass is 583 g/mol. The second-order valence-corrected chi connectivity index (χ2v) is 10.9. The van der Waals surface area contributed by atoms with Gasteiger partial charge in [-0.1, -0.05) is 56.4 Å². The molecule has 0 saturated carbocycles. The number of nitrogens with zero attached hydrogens (tertiary/aromatic N) is 1. The van der Waals surface area contributed by atoms with Crippen molar-refractivity contribution < 1.29 is 34.4 Å². The first-order chi connectivity index (χ1) is 19.8. The second-order valence-electron chi connectivity index (χ2n) is 10.9. The van der Waals surface area contributed by atoms with E-state index in [1.807, 2.05) is 26.8 Å². The molecule has 0 radical (unpaired) electrons. The van der Waals surface area contributed by atoms with Gasteiger partial charge in [0.05, 0.1) is 24.0 Å². The van der Waals surface area contributed by atoms with Gasteiger partial charge < -0.3 is 35.8 Å². The highest BCUT2D eigenvalue weighted by Crippen LogP contribution is 2.44. The van der Waals surface area contributed by atoms with Crippen LogP contribution in [-0.4, -0.2) is 65.9 Å². The Bertz CT molecular complexity index is 1250. The predicted octanol–water partition coefficient (Wildman–Crippen LogP) is 4.47. The number of aliphatic imine (C=N–C) groups is 1. The van der Waals surface area contributed by atoms with Gasteiger partial charge in [0, 0.05) is 55.9 Å². The number of phenolic OH excluding ortho intramolecular Hbond substituents is 2. The molecule has 1 aromatic rings. The van der Waals surface area contributed by atoms with E-state index >= 15 is 0 Å². The standard InChI is InChI=1S/C32H45N3O7/c1-8-12-34-29-23-13-18(2)14-27(42-7)30(38)21(5)15-20(4)22(16-28(33)37)26(41-6)11-9-10-19(3)32(40)35-24(31(23)39)17-25(29)36/h8-12,15,17-18,21-22,26-27,30,36,38-39H,1,13-14,16H2,2-7H3,(H2,33,37)(H,35,40). The fraction of sp³-hybridized carbons (Fsp3) is 0.469. The Kier molecular flexibility index (Phi) is 13.2. The molecule has 0 fully saturated rings. The molecule has 0 saturated heterocycles. The van der Waals surface area contributed by atoms with E-state index in [9.17, 15) is 24.9 Å². The van der Waals surface area contributed by atoms with Crippen LogP contribution in [0, 0.1) is 17.8 Å². The number of anilines is 1. The maximum atomic E-state index is 13.0. The maximum Gasteiger partial charge on any atom is 0.251 e. The van der Waals surface area contributed by atoms with Crippen molar-refractivity contribution >= 4 is 29.4 Å². The van der Waals surface area contributed by atoms with Crippen molar-refractivity contribution in [3.63, 3.8) is 0 Å². The van der Waals surface area contributed by atoms with Crippen molar-refractivity contribution in [3.05, 3.63) is 59.7 Å². The van der Waals surface area contributed by atoms with Crippen LogP contribution in [0.4, 0.5) is 11.4 Å². The summed E-state index contributed by atoms with van der Waals surface area (Å²) < 4.78 is 11.4. The molecular formula is C32H45N3O7. The molecule has 1 aliphatic rings. The predicted molar refractivity (Wildman–Crippen MR) is 165 cm³/mol. The number of primary amides is 1. The zero-order valence-electron chi connectivity index (χ0n) is 25.3. The summed E-state index contributed by atoms with van der Waals surface area (Å²) in [4.78, 5) is 29.2. The van der Waals surface area contributed by atoms with E-state index in [0.29, 0.717) is 17.6 Å². The third-order valence-electron chi connectivity index (χ3n) is 7.52. The zero-order chi connectivity index (χ0) is 31.6. The molecule has 2 rings (SSSR count). The number of phenols is 2. The summed E-state index contributed by atoms with van der Waals surface area (Å²) in [7, 11) is 3.04. The van der Waals surface area contributed by atoms with Gasteiger partial charge in [-0.25, -0.2) is 0 Å². The van der Waals surface area contributed by atoms with E-state index in [1.54, 1.807) is 25.2 Å². The SMILES string of the molecule is C=CC=Nc1c(O)cc2c(O)c1CC(C)CC(OC)C(O)C(C)C=C(C)C(CC(N)=O)C(OC)C=CC=C(C)C(=O)N2. The Balaban J connectivity index is 2.69. The average molecular weight is 584 g/mol. The van der Waals surface area contributed by atoms with Crippen LogP contribution >= 0.6 is 0 Å². The van der Waals surface area contributed by atoms with Crippen molar-refractivity contribution in [2.24, 2.45) is 28.5 Å². The number of hydrogen-bond donors (Lipinski definition) is 5. The number of aromatic hydroxyl groups is 2. The van der Waals surface area contributed by atoms with E-state index in [2.05, 4.69) is 16.9 Å². The number of hydrogen-bond acceptors (Lipinski definition) is 8. The molecule has 10 heteroatoms. The van der Waals surface area contributed by atoms with E-state index in [0.717, 1.165) is 5.57 Å². The number of carbonyl (C=O) groups excluding carboxylic acids is 2. The smallest absolute Gasteiger partial charge is 0.251 e. The van der Waals surface area contributed by atoms with Crippen LogP contribution in [0.3, 0.4) is 0 Å². The van der Waals surface area contributed by atoms with Gasteiger partial charge in [-0.2, -0.15) is 0 Å². The minimum absolute atomic E-state index is 0.0248. The molecule has 1 heterocycles. The first kappa shape index (κ1) is 34.5. The molecule has 2 amide bonds. The van der Waals surface area contributed by atoms with Crippen molar-refractivity contribution in [2.45, 2.75) is 65.3 Å². The van der Waals surface area contributed by atoms with Crippen LogP contribution < -0.4 is 11.1 Å². The number of nitrogens with two attached hydrogens (primary N) is 1. The van der Waals surface area contributed by atoms with Crippen molar-refractivity contribution in [3.8, 4) is 11.5 Å². The molecule has 6 atom stereocenters. The number of methoxy groups -OCH3 is 2. The summed E-state index contributed by atoms with van der Waals surface area (Å²) in [6, 6.07) is 1.25. The number of benzene rings is 1. The second kappa shape index (κ2) is 16.1. The van der Waals surface area contributed by atoms with Crippen molar-refractivity contribution in [1.82, 2.24) is 0 Å². The van der Waals surface area contributed by atoms with Gasteiger partial charge in [0.1, 0.15) is 17.2 Å². The van der Waals surface area contributed by atoms with Gasteiger partial charge >= 0.3 is 0 Å². The Morgan fingerprint density at radius 3 is 2.52 bits per heavy atom. The highest BCUT2D eigenvalue weighted by Gasteiger charge is 2.29. The number of fused-ring (bicyclic) bond motifs is 2. The Labute approximate surface area is 248 Å². The van der Waals surface area contributed by atoms with Crippen molar-refractivity contribution in [1.29, 1.82) is 0 Å². The summed E-state index contributed by atoms with van der Waals surface area (Å²) in [6.07, 6.45) is 8.39. The lowest BCUT2D eigenvalue weighted by Gasteiger charge is -2.29. The molecule has 2 bridgehead atoms. The van der Waals surface area contributed by atoms with Crippen LogP contribution in [0.15, 0.2) is 59.2 Å². The third-order valence-corrected chi connectivity index (χ3v) is 7.52. The lowest BCUT2D eigenvalue weighted by Crippen LogP contribution is -2.35. The molecule has 0 aliphatic carbocycles. The van der Waals surface area contributed by atoms with Gasteiger partial charge in [-0.3, -0.25) is 14.6 Å². The van der Waals surface area contributed by atoms with Gasteiger partial charge in [-0.15, -0.1) is 0 Å². The van der Waals surface area contributed by atoms with Crippen molar-refractivity contribution in [2.75, 3.05) is 19.5 Å². The van der Waals surface area contributed by atoms with Gasteiger partial charge in [0.15, 0.2) is 0 Å². The number of aliphatic hydroxyl groups excluding tert-OH is 1. The Morgan fingerprint density at radius 1 is 1.24 bits per heavy atom. The normalized spacial score (nSPS) is 26.4. The molecule has 1 aromatic carbocycles. The fourth-order valence-electron chi connectivity index (χ4n) is 5.18. The third kappa shape index (κ3) is 9.14. The number of nitrogens with one attached hydrogen (secondary N) is 1. The zero-order valence-corrected chi connectivity index (χ0v) is 25.3. The minimum atomic E-state index is -0.892. The van der Waals surface area contributed by atoms with Crippen LogP contribution in [0.2, 0.25) is 0 Å². The number of aliphatic hydroxyl groups is 1. The topological polar surface area (TPSA) is 164 Å². The molecule has 1 aliphatic heterocycles. The minimum Gasteiger partial charge on any atom is -0.506 e. The van der Waals surface area contributed by atoms with Crippen LogP contribution in [0.1, 0.15) is 46.1 Å². The first-order valence-electron chi connectivity index (χ1n) is 13.9. The molecule has 6 unspecified atom stereocenters. The summed E-state index contributed by atoms with van der Waals surface area (Å²) in [5.74, 6) is -2.34. The first-order valence-corrected chi connectivity index (χ1v) is 13.9. The molecule has 10 nitrogen and oxygen atoms in total. The summed E-state index contributed by atoms with van der Waals surface area (Å²) in [6.45, 7) is 10.9. The number of allylic oxidation sites excluding steroid dienone is 3. The van der Waals surface area contributed by atoms with E-state index in [-0.39, 0.29) is 47.6 Å². The van der Waals surface area contributed by atoms with Crippen LogP contribution in [0.5, 0.6) is 11.5 Å². The molecule has 42 heavy (non-hydrogen) atoms. The van der Waals surface area contributed by atoms with Gasteiger partial charge in [0.25, 0.3) is 5.91 Å². The summed E-state index contributed by atoms with van der Waals surface area (Å²) in [5, 5.41) is 36.0. The Morgan fingerprint density at radius 2 is 1.93 bits per heavy atom. The average Bonchev–Trinajstić information content (AvgIpc) is 2.94. The largest absolute Gasteiger partial charge is 0.506 e. The molecule has 0 aromatic heterocycles. The number of amides is 2. The summed E-state index contributed by atoms with van der Waals surface area (Å²) >= 11 is 0. The molecule has 6 N–H and O–H groups in total. The summed E-state index contributed by atoms with van der Waals surface area (Å²) in [5.41, 5.74) is 7.22. The quantitative estimate of drug-likeness (QED) is 0.143. The highest BCUT2D eigenvalue weighted by molar-refractivity contribution is 6.05. The van der Waals surface area contributed by atoms with Gasteiger partial charge in [0.2, 0.25) is 5.91 Å². The van der Waals surface area contributed by atoms with E-state index in [1.165, 1.54) is 32.6 Å². The highest BCUT2D eigenvalue weighted by atomic mass is 16.5. The number of rotatable bonds is 6. The molecule has 230 valence electrons. The molecule has 0 spiro atoms. The van der Waals surface area contributed by atoms with Crippen LogP contribution in [0.25, 0.3) is 0 Å². The lowest BCUT2D eigenvalue weighted by molar-refractivity contribution is -0.119. The Hall–Kier alpha value is -3.73. The van der Waals surface area contributed by atoms with Gasteiger partial charge in [-0.05, 0) is 32.6 Å². The number of ether oxygens (including phenoxy) is 2. The fourth-order valence-corrected chi connectivity index (χ4v) is 5.18. The molecular weight excluding hydrogens is 538 g/mol. The maximum absolute atomic E-state index is 13.0. The number of carbonyl (C=O) groups is 2. The van der Waals surface area contributed by atoms with E-state index < -0.39 is 36.0 Å². The van der Waals surface area contributed by atoms with Crippen LogP contribution in [-0.2, 0) is 25.5 Å².